The van der Waals surface area contributed by atoms with Crippen LogP contribution in [-0.4, -0.2) is 10.5 Å². The van der Waals surface area contributed by atoms with Crippen molar-refractivity contribution in [2.75, 3.05) is 0 Å². The van der Waals surface area contributed by atoms with Gasteiger partial charge in [-0.1, -0.05) is 30.7 Å². The van der Waals surface area contributed by atoms with Crippen molar-refractivity contribution in [3.05, 3.63) is 57.3 Å². The van der Waals surface area contributed by atoms with E-state index in [-0.39, 0.29) is 11.9 Å². The molecule has 0 bridgehead atoms. The number of halogens is 2. The van der Waals surface area contributed by atoms with E-state index in [1.807, 2.05) is 48.0 Å². The minimum atomic E-state index is -0.0973. The lowest BCUT2D eigenvalue weighted by Gasteiger charge is -2.15. The zero-order chi connectivity index (χ0) is 15.4. The number of nitrogens with zero attached hydrogens (tertiary/aromatic N) is 1. The molecule has 0 saturated heterocycles. The van der Waals surface area contributed by atoms with Gasteiger partial charge in [-0.15, -0.1) is 0 Å². The maximum atomic E-state index is 12.4. The van der Waals surface area contributed by atoms with E-state index >= 15 is 0 Å². The van der Waals surface area contributed by atoms with Crippen molar-refractivity contribution >= 4 is 33.4 Å². The lowest BCUT2D eigenvalue weighted by Crippen LogP contribution is -2.28. The first-order valence-corrected chi connectivity index (χ1v) is 8.10. The van der Waals surface area contributed by atoms with Crippen LogP contribution in [0.4, 0.5) is 0 Å². The fraction of sp³-hybridized carbons (Fsp3) is 0.312. The third kappa shape index (κ3) is 4.11. The minimum absolute atomic E-state index is 0.0818. The summed E-state index contributed by atoms with van der Waals surface area (Å²) in [7, 11) is 0. The van der Waals surface area contributed by atoms with E-state index in [2.05, 4.69) is 28.2 Å². The average molecular weight is 370 g/mol. The van der Waals surface area contributed by atoms with Gasteiger partial charge in [0.25, 0.3) is 5.91 Å². The van der Waals surface area contributed by atoms with Crippen LogP contribution in [0.1, 0.15) is 42.4 Å². The Morgan fingerprint density at radius 2 is 2.19 bits per heavy atom. The summed E-state index contributed by atoms with van der Waals surface area (Å²) in [6.45, 7) is 4.86. The van der Waals surface area contributed by atoms with Crippen LogP contribution < -0.4 is 5.32 Å². The third-order valence-electron chi connectivity index (χ3n) is 3.26. The summed E-state index contributed by atoms with van der Waals surface area (Å²) < 4.78 is 2.88. The van der Waals surface area contributed by atoms with Crippen LogP contribution in [0, 0.1) is 0 Å². The fourth-order valence-electron chi connectivity index (χ4n) is 2.22. The predicted octanol–water partition coefficient (Wildman–Crippen LogP) is 4.81. The number of carbonyl (C=O) groups excluding carboxylic acids is 1. The minimum Gasteiger partial charge on any atom is -0.344 e. The van der Waals surface area contributed by atoms with E-state index in [1.54, 1.807) is 0 Å². The molecule has 1 aromatic carbocycles. The van der Waals surface area contributed by atoms with E-state index in [9.17, 15) is 4.79 Å². The van der Waals surface area contributed by atoms with Crippen molar-refractivity contribution in [3.63, 3.8) is 0 Å². The molecule has 1 unspecified atom stereocenters. The SMILES string of the molecule is CCCn1cc(Br)cc1C(=O)NC(C)c1cccc(Cl)c1. The van der Waals surface area contributed by atoms with E-state index < -0.39 is 0 Å². The number of hydrogen-bond donors (Lipinski definition) is 1. The normalized spacial score (nSPS) is 12.2. The molecule has 2 rings (SSSR count). The predicted molar refractivity (Wildman–Crippen MR) is 89.8 cm³/mol. The number of carbonyl (C=O) groups is 1. The van der Waals surface area contributed by atoms with Gasteiger partial charge in [0.05, 0.1) is 6.04 Å². The van der Waals surface area contributed by atoms with E-state index in [1.165, 1.54) is 0 Å². The molecule has 1 amide bonds. The number of nitrogens with one attached hydrogen (secondary N) is 1. The summed E-state index contributed by atoms with van der Waals surface area (Å²) >= 11 is 9.41. The lowest BCUT2D eigenvalue weighted by atomic mass is 10.1. The van der Waals surface area contributed by atoms with Crippen LogP contribution in [-0.2, 0) is 6.54 Å². The van der Waals surface area contributed by atoms with Gasteiger partial charge in [-0.3, -0.25) is 4.79 Å². The molecule has 0 spiro atoms. The molecule has 0 fully saturated rings. The second-order valence-corrected chi connectivity index (χ2v) is 6.34. The molecular formula is C16H18BrClN2O. The van der Waals surface area contributed by atoms with Crippen molar-refractivity contribution in [1.82, 2.24) is 9.88 Å². The molecule has 1 atom stereocenters. The van der Waals surface area contributed by atoms with Gasteiger partial charge in [0.1, 0.15) is 5.69 Å². The first kappa shape index (κ1) is 16.1. The second-order valence-electron chi connectivity index (χ2n) is 4.99. The summed E-state index contributed by atoms with van der Waals surface area (Å²) in [6, 6.07) is 9.28. The summed E-state index contributed by atoms with van der Waals surface area (Å²) in [6.07, 6.45) is 2.91. The van der Waals surface area contributed by atoms with Gasteiger partial charge in [0.15, 0.2) is 0 Å². The van der Waals surface area contributed by atoms with Crippen LogP contribution in [0.3, 0.4) is 0 Å². The van der Waals surface area contributed by atoms with Gasteiger partial charge in [0, 0.05) is 22.2 Å². The third-order valence-corrected chi connectivity index (χ3v) is 3.93. The summed E-state index contributed by atoms with van der Waals surface area (Å²) in [5.74, 6) is -0.0818. The smallest absolute Gasteiger partial charge is 0.268 e. The second kappa shape index (κ2) is 7.14. The molecule has 0 aliphatic carbocycles. The number of amides is 1. The molecule has 0 saturated carbocycles. The molecule has 1 heterocycles. The van der Waals surface area contributed by atoms with Crippen molar-refractivity contribution in [2.45, 2.75) is 32.9 Å². The highest BCUT2D eigenvalue weighted by atomic mass is 79.9. The summed E-state index contributed by atoms with van der Waals surface area (Å²) in [4.78, 5) is 12.4. The number of hydrogen-bond acceptors (Lipinski definition) is 1. The molecule has 2 aromatic rings. The molecule has 1 N–H and O–H groups in total. The molecule has 0 aliphatic rings. The van der Waals surface area contributed by atoms with Gasteiger partial charge in [0.2, 0.25) is 0 Å². The molecular weight excluding hydrogens is 352 g/mol. The van der Waals surface area contributed by atoms with Crippen LogP contribution in [0.2, 0.25) is 5.02 Å². The average Bonchev–Trinajstić information content (AvgIpc) is 2.80. The Morgan fingerprint density at radius 3 is 2.86 bits per heavy atom. The van der Waals surface area contributed by atoms with Crippen molar-refractivity contribution < 1.29 is 4.79 Å². The molecule has 112 valence electrons. The number of aryl methyl sites for hydroxylation is 1. The van der Waals surface area contributed by atoms with Crippen molar-refractivity contribution in [2.24, 2.45) is 0 Å². The highest BCUT2D eigenvalue weighted by Gasteiger charge is 2.16. The lowest BCUT2D eigenvalue weighted by molar-refractivity contribution is 0.0930. The van der Waals surface area contributed by atoms with Crippen LogP contribution in [0.25, 0.3) is 0 Å². The Kier molecular flexibility index (Phi) is 5.48. The molecule has 0 aliphatic heterocycles. The first-order valence-electron chi connectivity index (χ1n) is 6.93. The van der Waals surface area contributed by atoms with Crippen molar-refractivity contribution in [1.29, 1.82) is 0 Å². The van der Waals surface area contributed by atoms with Crippen molar-refractivity contribution in [3.8, 4) is 0 Å². The van der Waals surface area contributed by atoms with Crippen LogP contribution in [0.15, 0.2) is 41.0 Å². The maximum absolute atomic E-state index is 12.4. The molecule has 21 heavy (non-hydrogen) atoms. The standard InChI is InChI=1S/C16H18BrClN2O/c1-3-7-20-10-13(17)9-15(20)16(21)19-11(2)12-5-4-6-14(18)8-12/h4-6,8-11H,3,7H2,1-2H3,(H,19,21). The van der Waals surface area contributed by atoms with E-state index in [0.29, 0.717) is 10.7 Å². The van der Waals surface area contributed by atoms with Gasteiger partial charge in [-0.2, -0.15) is 0 Å². The van der Waals surface area contributed by atoms with Crippen LogP contribution >= 0.6 is 27.5 Å². The Morgan fingerprint density at radius 1 is 1.43 bits per heavy atom. The zero-order valence-electron chi connectivity index (χ0n) is 12.1. The maximum Gasteiger partial charge on any atom is 0.268 e. The topological polar surface area (TPSA) is 34.0 Å². The number of rotatable bonds is 5. The van der Waals surface area contributed by atoms with Gasteiger partial charge < -0.3 is 9.88 Å². The van der Waals surface area contributed by atoms with Crippen LogP contribution in [0.5, 0.6) is 0 Å². The van der Waals surface area contributed by atoms with Gasteiger partial charge in [-0.05, 0) is 53.0 Å². The van der Waals surface area contributed by atoms with Gasteiger partial charge in [-0.25, -0.2) is 0 Å². The highest BCUT2D eigenvalue weighted by Crippen LogP contribution is 2.19. The summed E-state index contributed by atoms with van der Waals surface area (Å²) in [5, 5.41) is 3.68. The Bertz CT molecular complexity index is 639. The molecule has 0 radical (unpaired) electrons. The largest absolute Gasteiger partial charge is 0.344 e. The Balaban J connectivity index is 2.14. The Hall–Kier alpha value is -1.26. The number of aromatic nitrogens is 1. The van der Waals surface area contributed by atoms with Gasteiger partial charge >= 0.3 is 0 Å². The fourth-order valence-corrected chi connectivity index (χ4v) is 2.88. The molecule has 5 heteroatoms. The molecule has 1 aromatic heterocycles. The monoisotopic (exact) mass is 368 g/mol. The quantitative estimate of drug-likeness (QED) is 0.806. The van der Waals surface area contributed by atoms with E-state index in [4.69, 9.17) is 11.6 Å². The molecule has 3 nitrogen and oxygen atoms in total. The number of benzene rings is 1. The van der Waals surface area contributed by atoms with E-state index in [0.717, 1.165) is 23.0 Å². The highest BCUT2D eigenvalue weighted by molar-refractivity contribution is 9.10. The summed E-state index contributed by atoms with van der Waals surface area (Å²) in [5.41, 5.74) is 1.65. The zero-order valence-corrected chi connectivity index (χ0v) is 14.4. The Labute approximate surface area is 138 Å². The first-order chi connectivity index (χ1) is 10.0.